The van der Waals surface area contributed by atoms with E-state index in [0.29, 0.717) is 12.6 Å². The molecule has 0 aromatic heterocycles. The van der Waals surface area contributed by atoms with E-state index >= 15 is 0 Å². The third-order valence-corrected chi connectivity index (χ3v) is 3.81. The molecule has 1 atom stereocenters. The van der Waals surface area contributed by atoms with Gasteiger partial charge in [-0.25, -0.2) is 0 Å². The smallest absolute Gasteiger partial charge is 0.269 e. The van der Waals surface area contributed by atoms with E-state index in [1.165, 1.54) is 0 Å². The molecule has 1 N–H and O–H groups in total. The van der Waals surface area contributed by atoms with Gasteiger partial charge >= 0.3 is 0 Å². The molecule has 0 spiro atoms. The van der Waals surface area contributed by atoms with Gasteiger partial charge in [-0.1, -0.05) is 6.92 Å². The van der Waals surface area contributed by atoms with Crippen LogP contribution in [-0.4, -0.2) is 42.7 Å². The molecule has 0 bridgehead atoms. The normalized spacial score (nSPS) is 18.1. The number of ether oxygens (including phenoxy) is 1. The number of benzene rings is 1. The van der Waals surface area contributed by atoms with Crippen LogP contribution in [0.3, 0.4) is 0 Å². The van der Waals surface area contributed by atoms with E-state index in [1.807, 2.05) is 13.1 Å². The van der Waals surface area contributed by atoms with E-state index in [-0.39, 0.29) is 10.6 Å². The molecule has 1 aromatic carbocycles. The second-order valence-electron chi connectivity index (χ2n) is 5.46. The van der Waals surface area contributed by atoms with Crippen molar-refractivity contribution in [3.63, 3.8) is 0 Å². The van der Waals surface area contributed by atoms with Crippen LogP contribution in [0.1, 0.15) is 25.3 Å². The van der Waals surface area contributed by atoms with E-state index in [1.54, 1.807) is 12.1 Å². The zero-order valence-corrected chi connectivity index (χ0v) is 12.7. The predicted molar refractivity (Wildman–Crippen MR) is 82.6 cm³/mol. The Bertz CT molecular complexity index is 487. The van der Waals surface area contributed by atoms with Gasteiger partial charge < -0.3 is 10.1 Å². The number of hydrogen-bond donors (Lipinski definition) is 1. The van der Waals surface area contributed by atoms with Crippen LogP contribution in [0.5, 0.6) is 0 Å². The molecule has 1 aliphatic rings. The van der Waals surface area contributed by atoms with Crippen LogP contribution in [0.15, 0.2) is 18.2 Å². The molecular weight excluding hydrogens is 270 g/mol. The second-order valence-corrected chi connectivity index (χ2v) is 5.46. The van der Waals surface area contributed by atoms with Crippen molar-refractivity contribution in [2.75, 3.05) is 32.1 Å². The highest BCUT2D eigenvalue weighted by molar-refractivity contribution is 5.56. The molecule has 21 heavy (non-hydrogen) atoms. The van der Waals surface area contributed by atoms with Crippen molar-refractivity contribution in [2.24, 2.45) is 0 Å². The summed E-state index contributed by atoms with van der Waals surface area (Å²) in [5.41, 5.74) is 2.09. The molecule has 1 saturated heterocycles. The van der Waals surface area contributed by atoms with Crippen LogP contribution in [0.4, 0.5) is 11.4 Å². The Morgan fingerprint density at radius 2 is 2.33 bits per heavy atom. The first-order chi connectivity index (χ1) is 10.1. The summed E-state index contributed by atoms with van der Waals surface area (Å²) in [5.74, 6) is 0. The first kappa shape index (κ1) is 15.7. The molecule has 116 valence electrons. The Hall–Kier alpha value is -1.66. The Morgan fingerprint density at radius 1 is 1.52 bits per heavy atom. The topological polar surface area (TPSA) is 67.6 Å². The first-order valence-corrected chi connectivity index (χ1v) is 7.41. The molecule has 0 radical (unpaired) electrons. The van der Waals surface area contributed by atoms with E-state index in [0.717, 1.165) is 43.9 Å². The number of nitrogens with one attached hydrogen (secondary N) is 1. The molecule has 1 unspecified atom stereocenters. The van der Waals surface area contributed by atoms with Gasteiger partial charge in [0.15, 0.2) is 0 Å². The molecule has 0 saturated carbocycles. The Labute approximate surface area is 125 Å². The highest BCUT2D eigenvalue weighted by atomic mass is 16.6. The lowest BCUT2D eigenvalue weighted by Crippen LogP contribution is -2.31. The van der Waals surface area contributed by atoms with E-state index in [4.69, 9.17) is 4.74 Å². The first-order valence-electron chi connectivity index (χ1n) is 7.41. The Balaban J connectivity index is 2.16. The highest BCUT2D eigenvalue weighted by Gasteiger charge is 2.21. The average molecular weight is 293 g/mol. The van der Waals surface area contributed by atoms with Gasteiger partial charge in [-0.15, -0.1) is 0 Å². The molecule has 1 aliphatic heterocycles. The van der Waals surface area contributed by atoms with Gasteiger partial charge in [-0.05, 0) is 31.5 Å². The molecule has 6 nitrogen and oxygen atoms in total. The number of likely N-dealkylation sites (N-methyl/N-ethyl adjacent to an activating group) is 1. The van der Waals surface area contributed by atoms with Crippen molar-refractivity contribution in [1.29, 1.82) is 0 Å². The van der Waals surface area contributed by atoms with Crippen molar-refractivity contribution < 1.29 is 9.66 Å². The van der Waals surface area contributed by atoms with Crippen molar-refractivity contribution in [3.8, 4) is 0 Å². The van der Waals surface area contributed by atoms with E-state index < -0.39 is 0 Å². The monoisotopic (exact) mass is 293 g/mol. The number of hydrogen-bond acceptors (Lipinski definition) is 5. The third kappa shape index (κ3) is 4.15. The van der Waals surface area contributed by atoms with Crippen molar-refractivity contribution in [1.82, 2.24) is 4.90 Å². The number of nitro benzene ring substituents is 1. The lowest BCUT2D eigenvalue weighted by Gasteiger charge is -2.24. The number of nitrogens with zero attached hydrogens (tertiary/aromatic N) is 2. The average Bonchev–Trinajstić information content (AvgIpc) is 3.00. The Morgan fingerprint density at radius 3 is 2.95 bits per heavy atom. The van der Waals surface area contributed by atoms with E-state index in [9.17, 15) is 10.1 Å². The van der Waals surface area contributed by atoms with Crippen LogP contribution >= 0.6 is 0 Å². The summed E-state index contributed by atoms with van der Waals surface area (Å²) in [6.07, 6.45) is 2.03. The maximum atomic E-state index is 11.0. The minimum atomic E-state index is -0.341. The minimum Gasteiger partial charge on any atom is -0.385 e. The summed E-state index contributed by atoms with van der Waals surface area (Å²) >= 11 is 0. The molecule has 1 heterocycles. The number of anilines is 1. The fraction of sp³-hybridized carbons (Fsp3) is 0.600. The van der Waals surface area contributed by atoms with Gasteiger partial charge in [0.05, 0.1) is 11.5 Å². The van der Waals surface area contributed by atoms with Crippen LogP contribution in [-0.2, 0) is 11.3 Å². The zero-order valence-electron chi connectivity index (χ0n) is 12.7. The fourth-order valence-electron chi connectivity index (χ4n) is 2.52. The number of non-ortho nitro benzene ring substituents is 1. The van der Waals surface area contributed by atoms with Crippen LogP contribution in [0.25, 0.3) is 0 Å². The highest BCUT2D eigenvalue weighted by Crippen LogP contribution is 2.25. The summed E-state index contributed by atoms with van der Waals surface area (Å²) in [6, 6.07) is 5.43. The maximum absolute atomic E-state index is 11.0. The quantitative estimate of drug-likeness (QED) is 0.618. The van der Waals surface area contributed by atoms with E-state index in [2.05, 4.69) is 17.1 Å². The van der Waals surface area contributed by atoms with Gasteiger partial charge in [0, 0.05) is 43.6 Å². The lowest BCUT2D eigenvalue weighted by molar-refractivity contribution is -0.384. The molecular formula is C15H23N3O3. The Kier molecular flexibility index (Phi) is 5.52. The SMILES string of the molecule is CCCNc1ccc([N+](=O)[O-])cc1CN(C)C1CCOC1. The molecule has 0 amide bonds. The number of rotatable bonds is 7. The fourth-order valence-corrected chi connectivity index (χ4v) is 2.52. The minimum absolute atomic E-state index is 0.142. The summed E-state index contributed by atoms with van der Waals surface area (Å²) in [5, 5.41) is 14.3. The second kappa shape index (κ2) is 7.38. The van der Waals surface area contributed by atoms with Crippen LogP contribution in [0, 0.1) is 10.1 Å². The van der Waals surface area contributed by atoms with Crippen LogP contribution < -0.4 is 5.32 Å². The summed E-state index contributed by atoms with van der Waals surface area (Å²) in [4.78, 5) is 12.8. The third-order valence-electron chi connectivity index (χ3n) is 3.81. The predicted octanol–water partition coefficient (Wildman–Crippen LogP) is 2.64. The van der Waals surface area contributed by atoms with Gasteiger partial charge in [-0.2, -0.15) is 0 Å². The van der Waals surface area contributed by atoms with Crippen molar-refractivity contribution in [3.05, 3.63) is 33.9 Å². The van der Waals surface area contributed by atoms with Gasteiger partial charge in [0.25, 0.3) is 5.69 Å². The molecule has 6 heteroatoms. The lowest BCUT2D eigenvalue weighted by atomic mass is 10.1. The van der Waals surface area contributed by atoms with Gasteiger partial charge in [0.2, 0.25) is 0 Å². The molecule has 0 aliphatic carbocycles. The van der Waals surface area contributed by atoms with Crippen LogP contribution in [0.2, 0.25) is 0 Å². The summed E-state index contributed by atoms with van der Waals surface area (Å²) < 4.78 is 5.41. The van der Waals surface area contributed by atoms with Crippen molar-refractivity contribution >= 4 is 11.4 Å². The van der Waals surface area contributed by atoms with Gasteiger partial charge in [-0.3, -0.25) is 15.0 Å². The standard InChI is InChI=1S/C15H23N3O3/c1-3-7-16-15-5-4-13(18(19)20)9-12(15)10-17(2)14-6-8-21-11-14/h4-5,9,14,16H,3,6-8,10-11H2,1-2H3. The largest absolute Gasteiger partial charge is 0.385 e. The van der Waals surface area contributed by atoms with Crippen molar-refractivity contribution in [2.45, 2.75) is 32.4 Å². The number of nitro groups is 1. The van der Waals surface area contributed by atoms with Gasteiger partial charge in [0.1, 0.15) is 0 Å². The molecule has 1 fully saturated rings. The molecule has 1 aromatic rings. The maximum Gasteiger partial charge on any atom is 0.269 e. The summed E-state index contributed by atoms with van der Waals surface area (Å²) in [6.45, 7) is 5.18. The zero-order chi connectivity index (χ0) is 15.2. The summed E-state index contributed by atoms with van der Waals surface area (Å²) in [7, 11) is 2.04. The molecule has 2 rings (SSSR count).